The van der Waals surface area contributed by atoms with E-state index in [0.29, 0.717) is 22.4 Å². The molecule has 1 aromatic heterocycles. The van der Waals surface area contributed by atoms with Gasteiger partial charge in [0.25, 0.3) is 5.91 Å². The molecule has 0 radical (unpaired) electrons. The van der Waals surface area contributed by atoms with E-state index in [1.165, 1.54) is 6.33 Å². The van der Waals surface area contributed by atoms with Crippen molar-refractivity contribution in [3.05, 3.63) is 59.9 Å². The summed E-state index contributed by atoms with van der Waals surface area (Å²) in [5.74, 6) is -1.05. The van der Waals surface area contributed by atoms with Gasteiger partial charge in [0.05, 0.1) is 17.1 Å². The monoisotopic (exact) mass is 457 g/mol. The van der Waals surface area contributed by atoms with Gasteiger partial charge in [-0.2, -0.15) is 0 Å². The number of nitrogens with two attached hydrogens (primary N) is 1. The van der Waals surface area contributed by atoms with Gasteiger partial charge in [-0.05, 0) is 43.7 Å². The van der Waals surface area contributed by atoms with Crippen LogP contribution in [0.2, 0.25) is 0 Å². The van der Waals surface area contributed by atoms with Crippen LogP contribution in [0.1, 0.15) is 35.8 Å². The lowest BCUT2D eigenvalue weighted by atomic mass is 9.64. The Hall–Kier alpha value is -3.69. The number of alkyl halides is 3. The molecule has 3 unspecified atom stereocenters. The molecule has 1 saturated carbocycles. The molecule has 33 heavy (non-hydrogen) atoms. The Bertz CT molecular complexity index is 1230. The van der Waals surface area contributed by atoms with E-state index < -0.39 is 35.7 Å². The van der Waals surface area contributed by atoms with Crippen LogP contribution < -0.4 is 16.4 Å². The number of hydrogen-bond donors (Lipinski definition) is 3. The van der Waals surface area contributed by atoms with Gasteiger partial charge in [0.15, 0.2) is 18.5 Å². The van der Waals surface area contributed by atoms with Crippen molar-refractivity contribution in [3.8, 4) is 0 Å². The van der Waals surface area contributed by atoms with Crippen LogP contribution in [0.25, 0.3) is 10.9 Å². The predicted octanol–water partition coefficient (Wildman–Crippen LogP) is 3.87. The highest BCUT2D eigenvalue weighted by atomic mass is 19.2. The summed E-state index contributed by atoms with van der Waals surface area (Å²) in [6, 6.07) is 11.4. The second-order valence-corrected chi connectivity index (χ2v) is 8.26. The van der Waals surface area contributed by atoms with E-state index in [4.69, 9.17) is 5.73 Å². The topological polar surface area (TPSA) is 110 Å². The zero-order valence-corrected chi connectivity index (χ0v) is 17.9. The summed E-state index contributed by atoms with van der Waals surface area (Å²) in [7, 11) is 0. The van der Waals surface area contributed by atoms with E-state index in [-0.39, 0.29) is 11.6 Å². The minimum absolute atomic E-state index is 0.271. The van der Waals surface area contributed by atoms with Crippen LogP contribution >= 0.6 is 0 Å². The number of halogens is 3. The van der Waals surface area contributed by atoms with Gasteiger partial charge in [-0.1, -0.05) is 18.2 Å². The number of nitrogens with zero attached hydrogens (tertiary/aromatic N) is 2. The number of amides is 2. The molecule has 0 spiro atoms. The summed E-state index contributed by atoms with van der Waals surface area (Å²) in [5.41, 5.74) is 5.09. The fraction of sp³-hybridized carbons (Fsp3) is 0.304. The lowest BCUT2D eigenvalue weighted by Crippen LogP contribution is -2.66. The maximum absolute atomic E-state index is 13.9. The van der Waals surface area contributed by atoms with Crippen molar-refractivity contribution < 1.29 is 22.8 Å². The fourth-order valence-corrected chi connectivity index (χ4v) is 3.94. The van der Waals surface area contributed by atoms with Gasteiger partial charge in [0.2, 0.25) is 5.91 Å². The number of hydrogen-bond acceptors (Lipinski definition) is 5. The average molecular weight is 457 g/mol. The molecule has 2 amide bonds. The molecule has 3 atom stereocenters. The molecule has 2 aromatic carbocycles. The number of anilines is 2. The van der Waals surface area contributed by atoms with Crippen molar-refractivity contribution in [1.82, 2.24) is 9.97 Å². The van der Waals surface area contributed by atoms with Gasteiger partial charge < -0.3 is 16.4 Å². The largest absolute Gasteiger partial charge is 0.366 e. The molecule has 1 aliphatic rings. The molecule has 172 valence electrons. The number of para-hydroxylation sites is 1. The highest BCUT2D eigenvalue weighted by molar-refractivity contribution is 6.06. The molecule has 4 rings (SSSR count). The van der Waals surface area contributed by atoms with E-state index in [0.717, 1.165) is 12.5 Å². The Morgan fingerprint density at radius 1 is 1.09 bits per heavy atom. The highest BCUT2D eigenvalue weighted by Gasteiger charge is 2.66. The average Bonchev–Trinajstić information content (AvgIpc) is 2.82. The van der Waals surface area contributed by atoms with Gasteiger partial charge in [-0.3, -0.25) is 9.59 Å². The summed E-state index contributed by atoms with van der Waals surface area (Å²) in [4.78, 5) is 32.6. The quantitative estimate of drug-likeness (QED) is 0.521. The highest BCUT2D eigenvalue weighted by Crippen LogP contribution is 2.48. The molecule has 1 aliphatic carbocycles. The molecule has 0 bridgehead atoms. The minimum atomic E-state index is -2.30. The SMILES string of the molecule is CC(Nc1ncnc2c(C(N)=O)cccc12)c1cccc(NC(=O)C2(C)C(F)C(F)C2F)c1. The Morgan fingerprint density at radius 3 is 2.48 bits per heavy atom. The second kappa shape index (κ2) is 8.34. The predicted molar refractivity (Wildman–Crippen MR) is 118 cm³/mol. The van der Waals surface area contributed by atoms with Crippen LogP contribution in [0.4, 0.5) is 24.7 Å². The summed E-state index contributed by atoms with van der Waals surface area (Å²) in [5, 5.41) is 6.32. The number of fused-ring (bicyclic) bond motifs is 1. The molecule has 0 saturated heterocycles. The van der Waals surface area contributed by atoms with Crippen molar-refractivity contribution in [3.63, 3.8) is 0 Å². The van der Waals surface area contributed by atoms with Crippen molar-refractivity contribution in [2.24, 2.45) is 11.1 Å². The smallest absolute Gasteiger partial charge is 0.250 e. The molecular formula is C23H22F3N5O2. The first kappa shape index (κ1) is 22.5. The molecule has 3 aromatic rings. The van der Waals surface area contributed by atoms with Crippen LogP contribution in [0.5, 0.6) is 0 Å². The molecule has 1 heterocycles. The normalized spacial score (nSPS) is 25.2. The number of primary amides is 1. The number of rotatable bonds is 6. The third kappa shape index (κ3) is 3.75. The van der Waals surface area contributed by atoms with E-state index >= 15 is 0 Å². The maximum Gasteiger partial charge on any atom is 0.250 e. The lowest BCUT2D eigenvalue weighted by molar-refractivity contribution is -0.169. The molecular weight excluding hydrogens is 435 g/mol. The van der Waals surface area contributed by atoms with E-state index in [1.807, 2.05) is 6.92 Å². The second-order valence-electron chi connectivity index (χ2n) is 8.26. The summed E-state index contributed by atoms with van der Waals surface area (Å²) in [6.07, 6.45) is -5.38. The standard InChI is InChI=1S/C23H22F3N5O2/c1-11(30-21-15-8-4-7-14(20(27)32)17(15)28-10-29-21)12-5-3-6-13(9-12)31-22(33)23(2)18(25)16(24)19(23)26/h3-11,16,18-19H,1-2H3,(H2,27,32)(H,31,33)(H,28,29,30). The van der Waals surface area contributed by atoms with Crippen LogP contribution in [-0.2, 0) is 4.79 Å². The van der Waals surface area contributed by atoms with E-state index in [2.05, 4.69) is 20.6 Å². The Labute approximate surface area is 187 Å². The maximum atomic E-state index is 13.9. The lowest BCUT2D eigenvalue weighted by Gasteiger charge is -2.46. The van der Waals surface area contributed by atoms with E-state index in [9.17, 15) is 22.8 Å². The molecule has 4 N–H and O–H groups in total. The number of benzene rings is 2. The Kier molecular flexibility index (Phi) is 5.69. The number of nitrogens with one attached hydrogen (secondary N) is 2. The summed E-state index contributed by atoms with van der Waals surface area (Å²) in [6.45, 7) is 2.92. The molecule has 1 fully saturated rings. The number of carbonyl (C=O) groups excluding carboxylic acids is 2. The molecule has 0 aliphatic heterocycles. The van der Waals surface area contributed by atoms with Crippen molar-refractivity contribution in [1.29, 1.82) is 0 Å². The molecule has 7 nitrogen and oxygen atoms in total. The third-order valence-corrected chi connectivity index (χ3v) is 6.12. The van der Waals surface area contributed by atoms with Crippen molar-refractivity contribution in [2.45, 2.75) is 38.4 Å². The summed E-state index contributed by atoms with van der Waals surface area (Å²) < 4.78 is 41.1. The molecule has 10 heteroatoms. The van der Waals surface area contributed by atoms with Crippen LogP contribution in [0, 0.1) is 5.41 Å². The zero-order chi connectivity index (χ0) is 23.9. The van der Waals surface area contributed by atoms with E-state index in [1.54, 1.807) is 42.5 Å². The van der Waals surface area contributed by atoms with Gasteiger partial charge in [0, 0.05) is 11.1 Å². The minimum Gasteiger partial charge on any atom is -0.366 e. The number of aromatic nitrogens is 2. The third-order valence-electron chi connectivity index (χ3n) is 6.12. The first-order chi connectivity index (χ1) is 15.6. The van der Waals surface area contributed by atoms with Crippen LogP contribution in [0.3, 0.4) is 0 Å². The Balaban J connectivity index is 1.55. The zero-order valence-electron chi connectivity index (χ0n) is 17.9. The van der Waals surface area contributed by atoms with Crippen molar-refractivity contribution >= 4 is 34.2 Å². The fourth-order valence-electron chi connectivity index (χ4n) is 3.94. The Morgan fingerprint density at radius 2 is 1.79 bits per heavy atom. The van der Waals surface area contributed by atoms with Gasteiger partial charge in [-0.25, -0.2) is 23.1 Å². The van der Waals surface area contributed by atoms with Gasteiger partial charge in [-0.15, -0.1) is 0 Å². The summed E-state index contributed by atoms with van der Waals surface area (Å²) >= 11 is 0. The van der Waals surface area contributed by atoms with Gasteiger partial charge in [0.1, 0.15) is 17.6 Å². The van der Waals surface area contributed by atoms with Crippen molar-refractivity contribution in [2.75, 3.05) is 10.6 Å². The number of carbonyl (C=O) groups is 2. The first-order valence-corrected chi connectivity index (χ1v) is 10.3. The first-order valence-electron chi connectivity index (χ1n) is 10.3. The van der Waals surface area contributed by atoms with Crippen LogP contribution in [0.15, 0.2) is 48.8 Å². The van der Waals surface area contributed by atoms with Crippen LogP contribution in [-0.4, -0.2) is 40.3 Å². The van der Waals surface area contributed by atoms with Gasteiger partial charge >= 0.3 is 0 Å².